The number of carbonyl (C=O) groups excluding carboxylic acids is 1. The van der Waals surface area contributed by atoms with E-state index in [0.29, 0.717) is 16.5 Å². The number of aliphatic hydroxyl groups excluding tert-OH is 1. The summed E-state index contributed by atoms with van der Waals surface area (Å²) in [5.74, 6) is 0.0386. The minimum Gasteiger partial charge on any atom is -0.397 e. The molecule has 0 spiro atoms. The Bertz CT molecular complexity index is 433. The second-order valence-corrected chi connectivity index (χ2v) is 4.72. The number of aliphatic hydroxyl groups is 1. The minimum atomic E-state index is -0.459. The maximum atomic E-state index is 11.8. The number of para-hydroxylation sites is 1. The molecular weight excluding hydrogens is 240 g/mol. The van der Waals surface area contributed by atoms with Crippen LogP contribution in [0.25, 0.3) is 0 Å². The smallest absolute Gasteiger partial charge is 0.253 e. The predicted molar refractivity (Wildman–Crippen MR) is 66.9 cm³/mol. The Morgan fingerprint density at radius 1 is 1.59 bits per heavy atom. The second kappa shape index (κ2) is 4.94. The Labute approximate surface area is 105 Å². The normalized spacial score (nSPS) is 16.6. The molecule has 0 saturated heterocycles. The zero-order valence-corrected chi connectivity index (χ0v) is 10.1. The number of nitrogen functional groups attached to an aromatic ring is 1. The maximum Gasteiger partial charge on any atom is 0.253 e. The lowest BCUT2D eigenvalue weighted by Gasteiger charge is -2.12. The molecule has 1 aromatic carbocycles. The molecule has 0 bridgehead atoms. The topological polar surface area (TPSA) is 75.4 Å². The molecule has 4 N–H and O–H groups in total. The average molecular weight is 255 g/mol. The molecule has 0 heterocycles. The first-order chi connectivity index (χ1) is 8.09. The highest BCUT2D eigenvalue weighted by Crippen LogP contribution is 2.32. The highest BCUT2D eigenvalue weighted by molar-refractivity contribution is 6.33. The lowest BCUT2D eigenvalue weighted by Crippen LogP contribution is -2.33. The van der Waals surface area contributed by atoms with Crippen LogP contribution in [-0.4, -0.2) is 23.7 Å². The zero-order valence-electron chi connectivity index (χ0n) is 9.32. The van der Waals surface area contributed by atoms with E-state index in [-0.39, 0.29) is 18.1 Å². The highest BCUT2D eigenvalue weighted by atomic mass is 35.5. The standard InChI is InChI=1S/C12H15ClN2O2/c13-9-3-1-2-8(11(9)14)12(17)15-6-10(16)7-4-5-7/h1-3,7,10,16H,4-6,14H2,(H,15,17). The molecule has 0 radical (unpaired) electrons. The van der Waals surface area contributed by atoms with Crippen LogP contribution in [0.15, 0.2) is 18.2 Å². The lowest BCUT2D eigenvalue weighted by atomic mass is 10.1. The van der Waals surface area contributed by atoms with E-state index in [2.05, 4.69) is 5.32 Å². The Morgan fingerprint density at radius 2 is 2.29 bits per heavy atom. The van der Waals surface area contributed by atoms with Gasteiger partial charge in [-0.1, -0.05) is 17.7 Å². The van der Waals surface area contributed by atoms with Crippen molar-refractivity contribution in [2.24, 2.45) is 5.92 Å². The highest BCUT2D eigenvalue weighted by Gasteiger charge is 2.29. The molecule has 4 nitrogen and oxygen atoms in total. The van der Waals surface area contributed by atoms with Gasteiger partial charge in [0.15, 0.2) is 0 Å². The summed E-state index contributed by atoms with van der Waals surface area (Å²) in [6.07, 6.45) is 1.62. The second-order valence-electron chi connectivity index (χ2n) is 4.32. The van der Waals surface area contributed by atoms with E-state index >= 15 is 0 Å². The van der Waals surface area contributed by atoms with Crippen molar-refractivity contribution < 1.29 is 9.90 Å². The molecule has 17 heavy (non-hydrogen) atoms. The first-order valence-electron chi connectivity index (χ1n) is 5.60. The van der Waals surface area contributed by atoms with Gasteiger partial charge in [0.05, 0.1) is 22.4 Å². The Hall–Kier alpha value is -1.26. The summed E-state index contributed by atoms with van der Waals surface area (Å²) >= 11 is 5.83. The summed E-state index contributed by atoms with van der Waals surface area (Å²) in [6.45, 7) is 0.259. The Morgan fingerprint density at radius 3 is 2.94 bits per heavy atom. The predicted octanol–water partition coefficient (Wildman–Crippen LogP) is 1.42. The fraction of sp³-hybridized carbons (Fsp3) is 0.417. The van der Waals surface area contributed by atoms with Crippen LogP contribution in [0, 0.1) is 5.92 Å². The SMILES string of the molecule is Nc1c(Cl)cccc1C(=O)NCC(O)C1CC1. The van der Waals surface area contributed by atoms with Crippen LogP contribution in [0.1, 0.15) is 23.2 Å². The van der Waals surface area contributed by atoms with Crippen molar-refractivity contribution in [3.05, 3.63) is 28.8 Å². The van der Waals surface area contributed by atoms with Gasteiger partial charge in [-0.15, -0.1) is 0 Å². The summed E-state index contributed by atoms with van der Waals surface area (Å²) in [6, 6.07) is 4.91. The molecule has 1 aliphatic rings. The number of hydrogen-bond donors (Lipinski definition) is 3. The number of rotatable bonds is 4. The van der Waals surface area contributed by atoms with E-state index in [9.17, 15) is 9.90 Å². The van der Waals surface area contributed by atoms with Crippen molar-refractivity contribution in [2.75, 3.05) is 12.3 Å². The molecule has 1 atom stereocenters. The molecule has 2 rings (SSSR count). The summed E-state index contributed by atoms with van der Waals surface area (Å²) in [5.41, 5.74) is 6.33. The van der Waals surface area contributed by atoms with E-state index in [4.69, 9.17) is 17.3 Å². The number of amides is 1. The number of carbonyl (C=O) groups is 1. The molecule has 1 aromatic rings. The van der Waals surface area contributed by atoms with Crippen molar-refractivity contribution >= 4 is 23.2 Å². The molecule has 1 aliphatic carbocycles. The lowest BCUT2D eigenvalue weighted by molar-refractivity contribution is 0.0902. The maximum absolute atomic E-state index is 11.8. The van der Waals surface area contributed by atoms with E-state index in [1.165, 1.54) is 0 Å². The fourth-order valence-corrected chi connectivity index (χ4v) is 1.85. The van der Waals surface area contributed by atoms with E-state index in [1.807, 2.05) is 0 Å². The van der Waals surface area contributed by atoms with Crippen molar-refractivity contribution in [1.82, 2.24) is 5.32 Å². The van der Waals surface area contributed by atoms with Crippen LogP contribution in [0.2, 0.25) is 5.02 Å². The number of anilines is 1. The van der Waals surface area contributed by atoms with Crippen molar-refractivity contribution in [3.8, 4) is 0 Å². The number of hydrogen-bond acceptors (Lipinski definition) is 3. The zero-order chi connectivity index (χ0) is 12.4. The number of benzene rings is 1. The van der Waals surface area contributed by atoms with Crippen LogP contribution in [0.4, 0.5) is 5.69 Å². The molecule has 1 unspecified atom stereocenters. The van der Waals surface area contributed by atoms with Gasteiger partial charge in [-0.25, -0.2) is 0 Å². The molecule has 1 fully saturated rings. The van der Waals surface area contributed by atoms with Gasteiger partial charge in [-0.2, -0.15) is 0 Å². The molecule has 1 amide bonds. The first kappa shape index (κ1) is 12.2. The quantitative estimate of drug-likeness (QED) is 0.712. The van der Waals surface area contributed by atoms with Gasteiger partial charge in [0, 0.05) is 6.54 Å². The van der Waals surface area contributed by atoms with Crippen LogP contribution < -0.4 is 11.1 Å². The van der Waals surface area contributed by atoms with Crippen LogP contribution >= 0.6 is 11.6 Å². The van der Waals surface area contributed by atoms with Crippen LogP contribution in [0.3, 0.4) is 0 Å². The van der Waals surface area contributed by atoms with Gasteiger partial charge >= 0.3 is 0 Å². The molecular formula is C12H15ClN2O2. The van der Waals surface area contributed by atoms with Gasteiger partial charge < -0.3 is 16.2 Å². The van der Waals surface area contributed by atoms with Gasteiger partial charge in [-0.3, -0.25) is 4.79 Å². The summed E-state index contributed by atoms with van der Waals surface area (Å²) < 4.78 is 0. The molecule has 1 saturated carbocycles. The van der Waals surface area contributed by atoms with Crippen LogP contribution in [0.5, 0.6) is 0 Å². The largest absolute Gasteiger partial charge is 0.397 e. The number of nitrogens with one attached hydrogen (secondary N) is 1. The first-order valence-corrected chi connectivity index (χ1v) is 5.97. The monoisotopic (exact) mass is 254 g/mol. The summed E-state index contributed by atoms with van der Waals surface area (Å²) in [7, 11) is 0. The van der Waals surface area contributed by atoms with Gasteiger partial charge in [-0.05, 0) is 30.9 Å². The van der Waals surface area contributed by atoms with Crippen molar-refractivity contribution in [2.45, 2.75) is 18.9 Å². The third kappa shape index (κ3) is 2.90. The minimum absolute atomic E-state index is 0.259. The van der Waals surface area contributed by atoms with E-state index in [0.717, 1.165) is 12.8 Å². The molecule has 92 valence electrons. The van der Waals surface area contributed by atoms with Crippen LogP contribution in [-0.2, 0) is 0 Å². The van der Waals surface area contributed by atoms with E-state index < -0.39 is 6.10 Å². The Balaban J connectivity index is 1.96. The van der Waals surface area contributed by atoms with Crippen molar-refractivity contribution in [1.29, 1.82) is 0 Å². The van der Waals surface area contributed by atoms with Gasteiger partial charge in [0.2, 0.25) is 0 Å². The van der Waals surface area contributed by atoms with Gasteiger partial charge in [0.1, 0.15) is 0 Å². The molecule has 0 aromatic heterocycles. The third-order valence-corrected chi connectivity index (χ3v) is 3.27. The van der Waals surface area contributed by atoms with Crippen molar-refractivity contribution in [3.63, 3.8) is 0 Å². The third-order valence-electron chi connectivity index (χ3n) is 2.94. The summed E-state index contributed by atoms with van der Waals surface area (Å²) in [4.78, 5) is 11.8. The summed E-state index contributed by atoms with van der Waals surface area (Å²) in [5, 5.41) is 12.7. The van der Waals surface area contributed by atoms with E-state index in [1.54, 1.807) is 18.2 Å². The fourth-order valence-electron chi connectivity index (χ4n) is 1.68. The number of halogens is 1. The average Bonchev–Trinajstić information content (AvgIpc) is 3.13. The van der Waals surface area contributed by atoms with Gasteiger partial charge in [0.25, 0.3) is 5.91 Å². The Kier molecular flexibility index (Phi) is 3.54. The molecule has 0 aliphatic heterocycles. The molecule has 5 heteroatoms. The number of nitrogens with two attached hydrogens (primary N) is 1.